The predicted molar refractivity (Wildman–Crippen MR) is 84.7 cm³/mol. The summed E-state index contributed by atoms with van der Waals surface area (Å²) in [5.74, 6) is 1.88. The van der Waals surface area contributed by atoms with Gasteiger partial charge in [0, 0.05) is 19.3 Å². The van der Waals surface area contributed by atoms with Gasteiger partial charge in [-0.3, -0.25) is 4.68 Å². The van der Waals surface area contributed by atoms with Crippen LogP contribution < -0.4 is 5.32 Å². The zero-order chi connectivity index (χ0) is 14.4. The second kappa shape index (κ2) is 7.82. The van der Waals surface area contributed by atoms with Crippen molar-refractivity contribution in [2.75, 3.05) is 6.54 Å². The van der Waals surface area contributed by atoms with Crippen molar-refractivity contribution >= 4 is 0 Å². The molecule has 0 spiro atoms. The number of nitrogens with one attached hydrogen (secondary N) is 1. The zero-order valence-corrected chi connectivity index (χ0v) is 13.4. The molecule has 3 nitrogen and oxygen atoms in total. The molecule has 1 aromatic rings. The maximum absolute atomic E-state index is 4.27. The third-order valence-corrected chi connectivity index (χ3v) is 5.01. The summed E-state index contributed by atoms with van der Waals surface area (Å²) in [6, 6.07) is 0.693. The molecule has 1 unspecified atom stereocenters. The fourth-order valence-electron chi connectivity index (χ4n) is 3.69. The van der Waals surface area contributed by atoms with E-state index in [2.05, 4.69) is 30.5 Å². The molecule has 20 heavy (non-hydrogen) atoms. The molecule has 2 rings (SSSR count). The van der Waals surface area contributed by atoms with Crippen LogP contribution in [0.5, 0.6) is 0 Å². The highest BCUT2D eigenvalue weighted by molar-refractivity contribution is 5.04. The summed E-state index contributed by atoms with van der Waals surface area (Å²) in [6.07, 6.45) is 13.7. The van der Waals surface area contributed by atoms with Gasteiger partial charge in [-0.15, -0.1) is 0 Å². The largest absolute Gasteiger partial charge is 0.314 e. The lowest BCUT2D eigenvalue weighted by atomic mass is 9.76. The lowest BCUT2D eigenvalue weighted by Crippen LogP contribution is -2.38. The smallest absolute Gasteiger partial charge is 0.0521 e. The second-order valence-electron chi connectivity index (χ2n) is 6.41. The molecule has 0 saturated heterocycles. The zero-order valence-electron chi connectivity index (χ0n) is 13.4. The summed E-state index contributed by atoms with van der Waals surface area (Å²) >= 11 is 0. The molecule has 1 atom stereocenters. The Balaban J connectivity index is 1.83. The summed E-state index contributed by atoms with van der Waals surface area (Å²) in [6.45, 7) is 5.66. The first-order valence-corrected chi connectivity index (χ1v) is 8.43. The van der Waals surface area contributed by atoms with Gasteiger partial charge in [0.2, 0.25) is 0 Å². The van der Waals surface area contributed by atoms with Crippen LogP contribution in [-0.4, -0.2) is 22.4 Å². The molecule has 0 aromatic carbocycles. The van der Waals surface area contributed by atoms with Crippen molar-refractivity contribution in [3.63, 3.8) is 0 Å². The van der Waals surface area contributed by atoms with Gasteiger partial charge in [0.1, 0.15) is 0 Å². The maximum Gasteiger partial charge on any atom is 0.0521 e. The number of hydrogen-bond donors (Lipinski definition) is 1. The van der Waals surface area contributed by atoms with Crippen LogP contribution >= 0.6 is 0 Å². The highest BCUT2D eigenvalue weighted by Crippen LogP contribution is 2.33. The van der Waals surface area contributed by atoms with Crippen molar-refractivity contribution in [1.82, 2.24) is 15.1 Å². The molecule has 1 aliphatic rings. The fourth-order valence-corrected chi connectivity index (χ4v) is 3.69. The quantitative estimate of drug-likeness (QED) is 0.826. The summed E-state index contributed by atoms with van der Waals surface area (Å²) in [7, 11) is 2.00. The van der Waals surface area contributed by atoms with Crippen LogP contribution in [0.25, 0.3) is 0 Å². The summed E-state index contributed by atoms with van der Waals surface area (Å²) in [5.41, 5.74) is 1.37. The van der Waals surface area contributed by atoms with Crippen molar-refractivity contribution in [3.05, 3.63) is 18.0 Å². The van der Waals surface area contributed by atoms with E-state index in [4.69, 9.17) is 0 Å². The van der Waals surface area contributed by atoms with E-state index in [-0.39, 0.29) is 0 Å². The Morgan fingerprint density at radius 3 is 2.60 bits per heavy atom. The highest BCUT2D eigenvalue weighted by atomic mass is 15.2. The van der Waals surface area contributed by atoms with E-state index in [0.29, 0.717) is 6.04 Å². The minimum absolute atomic E-state index is 0.693. The Morgan fingerprint density at radius 1 is 1.30 bits per heavy atom. The van der Waals surface area contributed by atoms with Crippen molar-refractivity contribution in [2.24, 2.45) is 18.9 Å². The van der Waals surface area contributed by atoms with E-state index < -0.39 is 0 Å². The van der Waals surface area contributed by atoms with Crippen LogP contribution in [0.4, 0.5) is 0 Å². The molecule has 114 valence electrons. The summed E-state index contributed by atoms with van der Waals surface area (Å²) < 4.78 is 1.91. The normalized spacial score (nSPS) is 24.8. The SMILES string of the molecule is CCNC(CCc1cnn(C)c1)C1CCC(CC)CC1. The average Bonchev–Trinajstić information content (AvgIpc) is 2.89. The molecule has 1 fully saturated rings. The monoisotopic (exact) mass is 277 g/mol. The number of nitrogens with zero attached hydrogens (tertiary/aromatic N) is 2. The van der Waals surface area contributed by atoms with Gasteiger partial charge in [0.05, 0.1) is 6.20 Å². The van der Waals surface area contributed by atoms with Crippen LogP contribution in [0.15, 0.2) is 12.4 Å². The summed E-state index contributed by atoms with van der Waals surface area (Å²) in [5, 5.41) is 8.01. The molecule has 0 radical (unpaired) electrons. The van der Waals surface area contributed by atoms with E-state index in [1.807, 2.05) is 17.9 Å². The van der Waals surface area contributed by atoms with E-state index >= 15 is 0 Å². The Hall–Kier alpha value is -0.830. The Bertz CT molecular complexity index is 377. The van der Waals surface area contributed by atoms with Crippen molar-refractivity contribution in [1.29, 1.82) is 0 Å². The first kappa shape index (κ1) is 15.6. The second-order valence-corrected chi connectivity index (χ2v) is 6.41. The molecule has 0 amide bonds. The van der Waals surface area contributed by atoms with Gasteiger partial charge in [-0.25, -0.2) is 0 Å². The Labute approximate surface area is 124 Å². The third-order valence-electron chi connectivity index (χ3n) is 5.01. The molecule has 0 aliphatic heterocycles. The molecule has 1 aromatic heterocycles. The highest BCUT2D eigenvalue weighted by Gasteiger charge is 2.26. The maximum atomic E-state index is 4.27. The van der Waals surface area contributed by atoms with Gasteiger partial charge in [-0.05, 0) is 49.6 Å². The van der Waals surface area contributed by atoms with E-state index in [9.17, 15) is 0 Å². The number of aromatic nitrogens is 2. The van der Waals surface area contributed by atoms with Gasteiger partial charge >= 0.3 is 0 Å². The van der Waals surface area contributed by atoms with Gasteiger partial charge in [-0.1, -0.05) is 33.1 Å². The minimum Gasteiger partial charge on any atom is -0.314 e. The Morgan fingerprint density at radius 2 is 2.05 bits per heavy atom. The van der Waals surface area contributed by atoms with Crippen LogP contribution in [0.1, 0.15) is 57.9 Å². The first-order valence-electron chi connectivity index (χ1n) is 8.43. The topological polar surface area (TPSA) is 29.9 Å². The summed E-state index contributed by atoms with van der Waals surface area (Å²) in [4.78, 5) is 0. The standard InChI is InChI=1S/C17H31N3/c1-4-14-6-9-16(10-7-14)17(18-5-2)11-8-15-12-19-20(3)13-15/h12-14,16-18H,4-11H2,1-3H3. The van der Waals surface area contributed by atoms with Crippen LogP contribution in [0.2, 0.25) is 0 Å². The van der Waals surface area contributed by atoms with E-state index in [0.717, 1.165) is 24.8 Å². The molecule has 1 aliphatic carbocycles. The van der Waals surface area contributed by atoms with Gasteiger partial charge in [-0.2, -0.15) is 5.10 Å². The van der Waals surface area contributed by atoms with Crippen molar-refractivity contribution in [2.45, 2.75) is 64.8 Å². The minimum atomic E-state index is 0.693. The molecular formula is C17H31N3. The predicted octanol–water partition coefficient (Wildman–Crippen LogP) is 3.55. The molecule has 0 bridgehead atoms. The van der Waals surface area contributed by atoms with Gasteiger partial charge in [0.15, 0.2) is 0 Å². The molecule has 1 saturated carbocycles. The van der Waals surface area contributed by atoms with Crippen molar-refractivity contribution in [3.8, 4) is 0 Å². The third kappa shape index (κ3) is 4.34. The van der Waals surface area contributed by atoms with Gasteiger partial charge in [0.25, 0.3) is 0 Å². The van der Waals surface area contributed by atoms with E-state index in [1.54, 1.807) is 0 Å². The van der Waals surface area contributed by atoms with Crippen molar-refractivity contribution < 1.29 is 0 Å². The molecule has 1 N–H and O–H groups in total. The van der Waals surface area contributed by atoms with Crippen LogP contribution in [0, 0.1) is 11.8 Å². The lowest BCUT2D eigenvalue weighted by molar-refractivity contribution is 0.212. The lowest BCUT2D eigenvalue weighted by Gasteiger charge is -2.34. The van der Waals surface area contributed by atoms with E-state index in [1.165, 1.54) is 44.1 Å². The first-order chi connectivity index (χ1) is 9.72. The fraction of sp³-hybridized carbons (Fsp3) is 0.824. The number of hydrogen-bond acceptors (Lipinski definition) is 2. The molecule has 1 heterocycles. The number of rotatable bonds is 7. The van der Waals surface area contributed by atoms with Crippen LogP contribution in [0.3, 0.4) is 0 Å². The Kier molecular flexibility index (Phi) is 6.08. The average molecular weight is 277 g/mol. The van der Waals surface area contributed by atoms with Crippen LogP contribution in [-0.2, 0) is 13.5 Å². The number of aryl methyl sites for hydroxylation is 2. The molecule has 3 heteroatoms. The van der Waals surface area contributed by atoms with Gasteiger partial charge < -0.3 is 5.32 Å². The molecular weight excluding hydrogens is 246 g/mol.